The van der Waals surface area contributed by atoms with E-state index in [0.29, 0.717) is 18.1 Å². The number of halogens is 1. The number of quaternary nitrogens is 2. The first kappa shape index (κ1) is 18.9. The fraction of sp³-hybridized carbons (Fsp3) is 0.381. The Morgan fingerprint density at radius 3 is 2.50 bits per heavy atom. The molecule has 0 radical (unpaired) electrons. The van der Waals surface area contributed by atoms with Gasteiger partial charge in [0.05, 0.1) is 0 Å². The van der Waals surface area contributed by atoms with E-state index >= 15 is 0 Å². The summed E-state index contributed by atoms with van der Waals surface area (Å²) in [7, 11) is 0. The number of nitrogens with one attached hydrogen (secondary N) is 3. The van der Waals surface area contributed by atoms with Gasteiger partial charge in [-0.25, -0.2) is 0 Å². The molecule has 0 atom stereocenters. The smallest absolute Gasteiger partial charge is 0.275 e. The van der Waals surface area contributed by atoms with E-state index in [-0.39, 0.29) is 5.91 Å². The molecule has 3 rings (SSSR count). The van der Waals surface area contributed by atoms with Gasteiger partial charge in [-0.05, 0) is 30.2 Å². The van der Waals surface area contributed by atoms with Crippen molar-refractivity contribution in [3.8, 4) is 0 Å². The highest BCUT2D eigenvalue weighted by atomic mass is 35.5. The molecule has 138 valence electrons. The molecule has 5 heteroatoms. The van der Waals surface area contributed by atoms with Crippen molar-refractivity contribution < 1.29 is 14.6 Å². The highest BCUT2D eigenvalue weighted by Crippen LogP contribution is 2.10. The summed E-state index contributed by atoms with van der Waals surface area (Å²) in [5.41, 5.74) is 3.84. The van der Waals surface area contributed by atoms with Gasteiger partial charge in [-0.3, -0.25) is 4.79 Å². The molecule has 4 nitrogen and oxygen atoms in total. The molecule has 1 aliphatic rings. The second-order valence-electron chi connectivity index (χ2n) is 7.19. The number of hydrogen-bond acceptors (Lipinski definition) is 1. The second kappa shape index (κ2) is 9.17. The van der Waals surface area contributed by atoms with Crippen molar-refractivity contribution in [2.75, 3.05) is 32.7 Å². The first-order valence-corrected chi connectivity index (χ1v) is 9.71. The van der Waals surface area contributed by atoms with E-state index in [1.165, 1.54) is 16.0 Å². The molecule has 1 aliphatic heterocycles. The highest BCUT2D eigenvalue weighted by molar-refractivity contribution is 6.30. The Morgan fingerprint density at radius 2 is 1.77 bits per heavy atom. The Morgan fingerprint density at radius 1 is 1.04 bits per heavy atom. The Labute approximate surface area is 160 Å². The van der Waals surface area contributed by atoms with E-state index in [4.69, 9.17) is 11.6 Å². The van der Waals surface area contributed by atoms with Crippen LogP contribution in [0.1, 0.15) is 16.7 Å². The van der Waals surface area contributed by atoms with Gasteiger partial charge in [0.2, 0.25) is 0 Å². The van der Waals surface area contributed by atoms with Gasteiger partial charge in [0.25, 0.3) is 5.91 Å². The summed E-state index contributed by atoms with van der Waals surface area (Å²) >= 11 is 5.98. The summed E-state index contributed by atoms with van der Waals surface area (Å²) < 4.78 is 0. The van der Waals surface area contributed by atoms with Gasteiger partial charge in [0, 0.05) is 17.1 Å². The molecular weight excluding hydrogens is 346 g/mol. The Bertz CT molecular complexity index is 742. The largest absolute Gasteiger partial charge is 0.347 e. The molecule has 1 amide bonds. The molecule has 0 saturated carbocycles. The zero-order valence-corrected chi connectivity index (χ0v) is 16.1. The van der Waals surface area contributed by atoms with Gasteiger partial charge in [-0.15, -0.1) is 0 Å². The standard InChI is InChI=1S/C21H26ClN3O/c1-17-5-2-3-7-19(17)15-24-9-11-25(12-10-24)16-21(26)23-14-18-6-4-8-20(22)13-18/h2-8,13H,9-12,14-16H2,1H3,(H,23,26)/p+2. The van der Waals surface area contributed by atoms with Crippen LogP contribution in [0.15, 0.2) is 48.5 Å². The molecular formula is C21H28ClN3O+2. The van der Waals surface area contributed by atoms with Gasteiger partial charge in [0.15, 0.2) is 6.54 Å². The zero-order chi connectivity index (χ0) is 18.4. The minimum absolute atomic E-state index is 0.113. The lowest BCUT2D eigenvalue weighted by Crippen LogP contribution is -3.28. The monoisotopic (exact) mass is 373 g/mol. The Kier molecular flexibility index (Phi) is 6.67. The average molecular weight is 374 g/mol. The summed E-state index contributed by atoms with van der Waals surface area (Å²) in [4.78, 5) is 15.2. The molecule has 0 unspecified atom stereocenters. The molecule has 2 aromatic rings. The number of carbonyl (C=O) groups excluding carboxylic acids is 1. The number of carbonyl (C=O) groups is 1. The molecule has 0 spiro atoms. The molecule has 1 heterocycles. The van der Waals surface area contributed by atoms with E-state index < -0.39 is 0 Å². The lowest BCUT2D eigenvalue weighted by molar-refractivity contribution is -1.02. The number of amides is 1. The van der Waals surface area contributed by atoms with Crippen LogP contribution in [0, 0.1) is 6.92 Å². The summed E-state index contributed by atoms with van der Waals surface area (Å²) in [5, 5.41) is 3.71. The first-order chi connectivity index (χ1) is 12.6. The number of rotatable bonds is 6. The van der Waals surface area contributed by atoms with Crippen molar-refractivity contribution in [3.05, 3.63) is 70.2 Å². The normalized spacial score (nSPS) is 19.9. The van der Waals surface area contributed by atoms with E-state index in [1.807, 2.05) is 24.3 Å². The molecule has 0 bridgehead atoms. The number of hydrogen-bond donors (Lipinski definition) is 3. The maximum absolute atomic E-state index is 12.2. The third kappa shape index (κ3) is 5.56. The van der Waals surface area contributed by atoms with Crippen molar-refractivity contribution in [3.63, 3.8) is 0 Å². The SMILES string of the molecule is Cc1ccccc1C[NH+]1CC[NH+](CC(=O)NCc2cccc(Cl)c2)CC1. The van der Waals surface area contributed by atoms with Crippen LogP contribution in [0.5, 0.6) is 0 Å². The third-order valence-electron chi connectivity index (χ3n) is 5.16. The Balaban J connectivity index is 1.39. The van der Waals surface area contributed by atoms with Gasteiger partial charge in [0.1, 0.15) is 32.7 Å². The lowest BCUT2D eigenvalue weighted by Gasteiger charge is -2.29. The van der Waals surface area contributed by atoms with Crippen molar-refractivity contribution in [2.24, 2.45) is 0 Å². The maximum Gasteiger partial charge on any atom is 0.275 e. The van der Waals surface area contributed by atoms with Gasteiger partial charge in [-0.1, -0.05) is 48.0 Å². The fourth-order valence-electron chi connectivity index (χ4n) is 3.53. The first-order valence-electron chi connectivity index (χ1n) is 9.33. The molecule has 26 heavy (non-hydrogen) atoms. The van der Waals surface area contributed by atoms with Gasteiger partial charge < -0.3 is 15.1 Å². The van der Waals surface area contributed by atoms with Crippen molar-refractivity contribution in [1.29, 1.82) is 0 Å². The number of benzene rings is 2. The topological polar surface area (TPSA) is 38.0 Å². The van der Waals surface area contributed by atoms with Crippen molar-refractivity contribution in [1.82, 2.24) is 5.32 Å². The van der Waals surface area contributed by atoms with Crippen molar-refractivity contribution in [2.45, 2.75) is 20.0 Å². The lowest BCUT2D eigenvalue weighted by atomic mass is 10.1. The Hall–Kier alpha value is -1.88. The fourth-order valence-corrected chi connectivity index (χ4v) is 3.74. The van der Waals surface area contributed by atoms with E-state index in [0.717, 1.165) is 38.3 Å². The zero-order valence-electron chi connectivity index (χ0n) is 15.4. The number of aryl methyl sites for hydroxylation is 1. The third-order valence-corrected chi connectivity index (χ3v) is 5.39. The van der Waals surface area contributed by atoms with Crippen LogP contribution in [0.3, 0.4) is 0 Å². The minimum atomic E-state index is 0.113. The molecule has 1 saturated heterocycles. The summed E-state index contributed by atoms with van der Waals surface area (Å²) in [6.45, 7) is 8.69. The van der Waals surface area contributed by atoms with Crippen molar-refractivity contribution >= 4 is 17.5 Å². The van der Waals surface area contributed by atoms with Gasteiger partial charge >= 0.3 is 0 Å². The number of piperazine rings is 1. The van der Waals surface area contributed by atoms with Crippen LogP contribution in [0.2, 0.25) is 5.02 Å². The van der Waals surface area contributed by atoms with E-state index in [1.54, 1.807) is 4.90 Å². The van der Waals surface area contributed by atoms with Crippen LogP contribution in [0.4, 0.5) is 0 Å². The quantitative estimate of drug-likeness (QED) is 0.667. The van der Waals surface area contributed by atoms with Gasteiger partial charge in [-0.2, -0.15) is 0 Å². The minimum Gasteiger partial charge on any atom is -0.347 e. The summed E-state index contributed by atoms with van der Waals surface area (Å²) in [6, 6.07) is 16.2. The summed E-state index contributed by atoms with van der Waals surface area (Å²) in [5.74, 6) is 0.113. The highest BCUT2D eigenvalue weighted by Gasteiger charge is 2.25. The predicted octanol–water partition coefficient (Wildman–Crippen LogP) is 0.248. The second-order valence-corrected chi connectivity index (χ2v) is 7.62. The van der Waals surface area contributed by atoms with Crippen LogP contribution >= 0.6 is 11.6 Å². The predicted molar refractivity (Wildman–Crippen MR) is 104 cm³/mol. The van der Waals surface area contributed by atoms with Crippen LogP contribution in [0.25, 0.3) is 0 Å². The van der Waals surface area contributed by atoms with E-state index in [2.05, 4.69) is 36.5 Å². The molecule has 0 aliphatic carbocycles. The van der Waals surface area contributed by atoms with E-state index in [9.17, 15) is 4.79 Å². The molecule has 0 aromatic heterocycles. The average Bonchev–Trinajstić information content (AvgIpc) is 2.64. The molecule has 2 aromatic carbocycles. The molecule has 1 fully saturated rings. The molecule has 3 N–H and O–H groups in total. The summed E-state index contributed by atoms with van der Waals surface area (Å²) in [6.07, 6.45) is 0. The van der Waals surface area contributed by atoms with Crippen LogP contribution in [-0.2, 0) is 17.9 Å². The van der Waals surface area contributed by atoms with Crippen LogP contribution in [-0.4, -0.2) is 38.6 Å². The maximum atomic E-state index is 12.2. The van der Waals surface area contributed by atoms with Crippen LogP contribution < -0.4 is 15.1 Å².